The van der Waals surface area contributed by atoms with Crippen LogP contribution >= 0.6 is 0 Å². The van der Waals surface area contributed by atoms with Crippen molar-refractivity contribution in [3.63, 3.8) is 0 Å². The van der Waals surface area contributed by atoms with E-state index in [1.165, 1.54) is 10.8 Å². The van der Waals surface area contributed by atoms with Crippen LogP contribution in [0.1, 0.15) is 47.4 Å². The van der Waals surface area contributed by atoms with Crippen LogP contribution in [-0.2, 0) is 6.54 Å². The lowest BCUT2D eigenvalue weighted by Gasteiger charge is -2.05. The Morgan fingerprint density at radius 3 is 2.75 bits per heavy atom. The van der Waals surface area contributed by atoms with Crippen molar-refractivity contribution in [3.8, 4) is 0 Å². The lowest BCUT2D eigenvalue weighted by atomic mass is 10.1. The van der Waals surface area contributed by atoms with Gasteiger partial charge in [0.1, 0.15) is 5.56 Å². The van der Waals surface area contributed by atoms with Crippen LogP contribution in [0, 0.1) is 6.92 Å². The van der Waals surface area contributed by atoms with E-state index in [2.05, 4.69) is 10.1 Å². The zero-order valence-electron chi connectivity index (χ0n) is 11.5. The highest BCUT2D eigenvalue weighted by molar-refractivity contribution is 5.88. The van der Waals surface area contributed by atoms with Gasteiger partial charge >= 0.3 is 5.97 Å². The number of hydrogen-bond acceptors (Lipinski definition) is 5. The molecule has 0 radical (unpaired) electrons. The Kier molecular flexibility index (Phi) is 3.69. The Hall–Kier alpha value is -2.44. The molecule has 0 unspecified atom stereocenters. The minimum atomic E-state index is -1.24. The highest BCUT2D eigenvalue weighted by Crippen LogP contribution is 2.11. The van der Waals surface area contributed by atoms with Gasteiger partial charge < -0.3 is 14.2 Å². The molecule has 0 aliphatic heterocycles. The predicted molar refractivity (Wildman–Crippen MR) is 69.9 cm³/mol. The number of rotatable bonds is 4. The number of nitrogens with zero attached hydrogens (tertiary/aromatic N) is 3. The molecule has 2 aromatic heterocycles. The van der Waals surface area contributed by atoms with Crippen LogP contribution < -0.4 is 5.56 Å². The Morgan fingerprint density at radius 2 is 2.20 bits per heavy atom. The third kappa shape index (κ3) is 2.61. The third-order valence-electron chi connectivity index (χ3n) is 2.88. The maximum Gasteiger partial charge on any atom is 0.341 e. The summed E-state index contributed by atoms with van der Waals surface area (Å²) in [7, 11) is 0. The van der Waals surface area contributed by atoms with E-state index in [0.29, 0.717) is 17.3 Å². The molecule has 0 aliphatic rings. The minimum Gasteiger partial charge on any atom is -0.477 e. The van der Waals surface area contributed by atoms with Crippen LogP contribution in [0.25, 0.3) is 0 Å². The summed E-state index contributed by atoms with van der Waals surface area (Å²) in [5, 5.41) is 12.8. The second-order valence-electron chi connectivity index (χ2n) is 4.82. The smallest absolute Gasteiger partial charge is 0.341 e. The zero-order valence-corrected chi connectivity index (χ0v) is 11.5. The fraction of sp³-hybridized carbons (Fsp3) is 0.385. The van der Waals surface area contributed by atoms with Crippen molar-refractivity contribution < 1.29 is 14.4 Å². The summed E-state index contributed by atoms with van der Waals surface area (Å²) in [6, 6.07) is 1.58. The molecule has 0 spiro atoms. The molecule has 7 nitrogen and oxygen atoms in total. The third-order valence-corrected chi connectivity index (χ3v) is 2.88. The first-order chi connectivity index (χ1) is 9.40. The molecule has 0 saturated carbocycles. The number of aromatic nitrogens is 3. The number of aromatic carboxylic acids is 1. The van der Waals surface area contributed by atoms with Crippen molar-refractivity contribution >= 4 is 5.97 Å². The number of carboxylic acids is 1. The summed E-state index contributed by atoms with van der Waals surface area (Å²) in [6.45, 7) is 5.49. The van der Waals surface area contributed by atoms with E-state index in [4.69, 9.17) is 9.63 Å². The first-order valence-electron chi connectivity index (χ1n) is 6.16. The quantitative estimate of drug-likeness (QED) is 0.907. The SMILES string of the molecule is Cc1ccn(Cc2noc(C(C)C)n2)c(=O)c1C(=O)O. The van der Waals surface area contributed by atoms with E-state index in [0.717, 1.165) is 0 Å². The molecule has 7 heteroatoms. The first-order valence-corrected chi connectivity index (χ1v) is 6.16. The summed E-state index contributed by atoms with van der Waals surface area (Å²) in [5.74, 6) is -0.312. The van der Waals surface area contributed by atoms with E-state index in [9.17, 15) is 9.59 Å². The fourth-order valence-corrected chi connectivity index (χ4v) is 1.77. The van der Waals surface area contributed by atoms with Gasteiger partial charge in [-0.2, -0.15) is 4.98 Å². The molecule has 2 aromatic rings. The van der Waals surface area contributed by atoms with Crippen molar-refractivity contribution in [2.75, 3.05) is 0 Å². The number of carbonyl (C=O) groups is 1. The molecule has 0 saturated heterocycles. The van der Waals surface area contributed by atoms with Gasteiger partial charge in [-0.1, -0.05) is 19.0 Å². The molecule has 0 bridgehead atoms. The Labute approximate surface area is 114 Å². The van der Waals surface area contributed by atoms with Crippen molar-refractivity contribution in [1.29, 1.82) is 0 Å². The number of pyridine rings is 1. The number of hydrogen-bond donors (Lipinski definition) is 1. The largest absolute Gasteiger partial charge is 0.477 e. The van der Waals surface area contributed by atoms with Gasteiger partial charge in [0.05, 0.1) is 6.54 Å². The Balaban J connectivity index is 2.36. The van der Waals surface area contributed by atoms with Crippen molar-refractivity contribution in [1.82, 2.24) is 14.7 Å². The van der Waals surface area contributed by atoms with Gasteiger partial charge in [-0.3, -0.25) is 4.79 Å². The summed E-state index contributed by atoms with van der Waals surface area (Å²) in [5.41, 5.74) is -0.386. The second-order valence-corrected chi connectivity index (χ2v) is 4.82. The average Bonchev–Trinajstić information content (AvgIpc) is 2.81. The summed E-state index contributed by atoms with van der Waals surface area (Å²) >= 11 is 0. The van der Waals surface area contributed by atoms with Crippen molar-refractivity contribution in [2.45, 2.75) is 33.2 Å². The van der Waals surface area contributed by atoms with E-state index >= 15 is 0 Å². The van der Waals surface area contributed by atoms with Crippen LogP contribution in [-0.4, -0.2) is 25.8 Å². The molecule has 0 amide bonds. The lowest BCUT2D eigenvalue weighted by Crippen LogP contribution is -2.27. The molecular weight excluding hydrogens is 262 g/mol. The van der Waals surface area contributed by atoms with Crippen LogP contribution in [0.3, 0.4) is 0 Å². The van der Waals surface area contributed by atoms with Gasteiger partial charge in [-0.25, -0.2) is 4.79 Å². The second kappa shape index (κ2) is 5.28. The minimum absolute atomic E-state index is 0.0790. The lowest BCUT2D eigenvalue weighted by molar-refractivity contribution is 0.0693. The molecule has 0 aromatic carbocycles. The molecule has 2 rings (SSSR count). The maximum atomic E-state index is 12.1. The molecule has 106 valence electrons. The van der Waals surface area contributed by atoms with Gasteiger partial charge in [0.15, 0.2) is 5.82 Å². The van der Waals surface area contributed by atoms with Crippen molar-refractivity contribution in [3.05, 3.63) is 45.5 Å². The molecule has 0 atom stereocenters. The fourth-order valence-electron chi connectivity index (χ4n) is 1.77. The van der Waals surface area contributed by atoms with Gasteiger partial charge in [0, 0.05) is 12.1 Å². The normalized spacial score (nSPS) is 11.0. The van der Waals surface area contributed by atoms with Crippen LogP contribution in [0.5, 0.6) is 0 Å². The predicted octanol–water partition coefficient (Wildman–Crippen LogP) is 1.41. The van der Waals surface area contributed by atoms with E-state index in [-0.39, 0.29) is 18.0 Å². The zero-order chi connectivity index (χ0) is 14.9. The van der Waals surface area contributed by atoms with Gasteiger partial charge in [-0.15, -0.1) is 0 Å². The molecule has 0 fully saturated rings. The van der Waals surface area contributed by atoms with E-state index in [1.807, 2.05) is 13.8 Å². The van der Waals surface area contributed by atoms with Crippen LogP contribution in [0.2, 0.25) is 0 Å². The topological polar surface area (TPSA) is 98.2 Å². The highest BCUT2D eigenvalue weighted by atomic mass is 16.5. The van der Waals surface area contributed by atoms with Crippen molar-refractivity contribution in [2.24, 2.45) is 0 Å². The first kappa shape index (κ1) is 14.0. The van der Waals surface area contributed by atoms with Crippen LogP contribution in [0.15, 0.2) is 21.6 Å². The van der Waals surface area contributed by atoms with Gasteiger partial charge in [0.2, 0.25) is 5.89 Å². The number of aryl methyl sites for hydroxylation is 1. The Morgan fingerprint density at radius 1 is 1.50 bits per heavy atom. The summed E-state index contributed by atoms with van der Waals surface area (Å²) in [6.07, 6.45) is 1.52. The summed E-state index contributed by atoms with van der Waals surface area (Å²) in [4.78, 5) is 27.3. The molecular formula is C13H15N3O4. The molecule has 2 heterocycles. The van der Waals surface area contributed by atoms with E-state index < -0.39 is 11.5 Å². The Bertz CT molecular complexity index is 700. The molecule has 1 N–H and O–H groups in total. The number of carboxylic acid groups (broad SMARTS) is 1. The van der Waals surface area contributed by atoms with Crippen LogP contribution in [0.4, 0.5) is 0 Å². The monoisotopic (exact) mass is 277 g/mol. The van der Waals surface area contributed by atoms with Gasteiger partial charge in [-0.05, 0) is 18.6 Å². The average molecular weight is 277 g/mol. The maximum absolute atomic E-state index is 12.1. The van der Waals surface area contributed by atoms with Gasteiger partial charge in [0.25, 0.3) is 5.56 Å². The highest BCUT2D eigenvalue weighted by Gasteiger charge is 2.16. The summed E-state index contributed by atoms with van der Waals surface area (Å²) < 4.78 is 6.30. The molecule has 20 heavy (non-hydrogen) atoms. The standard InChI is InChI=1S/C13H15N3O4/c1-7(2)11-14-9(15-20-11)6-16-5-4-8(3)10(12(16)17)13(18)19/h4-5,7H,6H2,1-3H3,(H,18,19). The van der Waals surface area contributed by atoms with E-state index in [1.54, 1.807) is 13.0 Å². The molecule has 0 aliphatic carbocycles.